The number of carbonyl (C=O) groups excluding carboxylic acids is 2. The zero-order valence-electron chi connectivity index (χ0n) is 13.6. The number of anilines is 1. The molecule has 1 aromatic carbocycles. The second-order valence-electron chi connectivity index (χ2n) is 4.60. The predicted octanol–water partition coefficient (Wildman–Crippen LogP) is 1.11. The van der Waals surface area contributed by atoms with Gasteiger partial charge in [0.1, 0.15) is 23.6 Å². The Balaban J connectivity index is 2.13. The molecule has 0 aliphatic carbocycles. The van der Waals surface area contributed by atoms with Crippen molar-refractivity contribution in [3.05, 3.63) is 30.0 Å². The van der Waals surface area contributed by atoms with E-state index < -0.39 is 11.9 Å². The number of esters is 1. The lowest BCUT2D eigenvalue weighted by Crippen LogP contribution is -2.15. The quantitative estimate of drug-likeness (QED) is 0.756. The van der Waals surface area contributed by atoms with Crippen molar-refractivity contribution < 1.29 is 23.8 Å². The maximum Gasteiger partial charge on any atom is 0.327 e. The SMILES string of the molecule is CCOC(=O)Cn1cc(NC(=O)c2c(OC)cccc2OC)nn1. The van der Waals surface area contributed by atoms with Gasteiger partial charge in [-0.3, -0.25) is 9.59 Å². The lowest BCUT2D eigenvalue weighted by molar-refractivity contribution is -0.144. The molecule has 0 radical (unpaired) electrons. The van der Waals surface area contributed by atoms with Gasteiger partial charge in [0.2, 0.25) is 0 Å². The number of carbonyl (C=O) groups is 2. The summed E-state index contributed by atoms with van der Waals surface area (Å²) in [6.45, 7) is 1.91. The van der Waals surface area contributed by atoms with E-state index in [9.17, 15) is 9.59 Å². The third kappa shape index (κ3) is 4.00. The Bertz CT molecular complexity index is 706. The molecule has 1 heterocycles. The molecule has 0 atom stereocenters. The minimum absolute atomic E-state index is 0.0886. The van der Waals surface area contributed by atoms with Gasteiger partial charge >= 0.3 is 5.97 Å². The van der Waals surface area contributed by atoms with Crippen LogP contribution in [0, 0.1) is 0 Å². The van der Waals surface area contributed by atoms with Crippen molar-refractivity contribution in [1.29, 1.82) is 0 Å². The minimum atomic E-state index is -0.465. The van der Waals surface area contributed by atoms with Crippen molar-refractivity contribution in [1.82, 2.24) is 15.0 Å². The molecule has 0 bridgehead atoms. The number of hydrogen-bond donors (Lipinski definition) is 1. The second-order valence-corrected chi connectivity index (χ2v) is 4.60. The number of ether oxygens (including phenoxy) is 3. The molecule has 0 aliphatic rings. The first-order chi connectivity index (χ1) is 11.6. The Morgan fingerprint density at radius 2 is 1.88 bits per heavy atom. The molecular formula is C15H18N4O5. The lowest BCUT2D eigenvalue weighted by atomic mass is 10.1. The molecule has 9 nitrogen and oxygen atoms in total. The van der Waals surface area contributed by atoms with Crippen LogP contribution in [0.4, 0.5) is 5.82 Å². The van der Waals surface area contributed by atoms with Crippen LogP contribution in [-0.2, 0) is 16.1 Å². The summed E-state index contributed by atoms with van der Waals surface area (Å²) >= 11 is 0. The van der Waals surface area contributed by atoms with Gasteiger partial charge < -0.3 is 19.5 Å². The van der Waals surface area contributed by atoms with E-state index in [2.05, 4.69) is 15.6 Å². The Kier molecular flexibility index (Phi) is 5.72. The number of benzene rings is 1. The highest BCUT2D eigenvalue weighted by Crippen LogP contribution is 2.28. The fourth-order valence-electron chi connectivity index (χ4n) is 2.03. The molecule has 1 aromatic heterocycles. The molecule has 0 aliphatic heterocycles. The lowest BCUT2D eigenvalue weighted by Gasteiger charge is -2.11. The smallest absolute Gasteiger partial charge is 0.327 e. The number of hydrogen-bond acceptors (Lipinski definition) is 7. The van der Waals surface area contributed by atoms with Gasteiger partial charge in [-0.2, -0.15) is 0 Å². The minimum Gasteiger partial charge on any atom is -0.496 e. The van der Waals surface area contributed by atoms with Crippen LogP contribution in [0.3, 0.4) is 0 Å². The van der Waals surface area contributed by atoms with E-state index in [0.717, 1.165) is 0 Å². The Morgan fingerprint density at radius 1 is 1.21 bits per heavy atom. The molecule has 128 valence electrons. The van der Waals surface area contributed by atoms with Crippen LogP contribution in [-0.4, -0.2) is 47.7 Å². The van der Waals surface area contributed by atoms with Gasteiger partial charge in [0, 0.05) is 0 Å². The summed E-state index contributed by atoms with van der Waals surface area (Å²) in [6.07, 6.45) is 1.43. The predicted molar refractivity (Wildman–Crippen MR) is 84.2 cm³/mol. The summed E-state index contributed by atoms with van der Waals surface area (Å²) in [6, 6.07) is 5.01. The summed E-state index contributed by atoms with van der Waals surface area (Å²) in [4.78, 5) is 23.9. The van der Waals surface area contributed by atoms with E-state index >= 15 is 0 Å². The zero-order chi connectivity index (χ0) is 17.5. The number of amides is 1. The highest BCUT2D eigenvalue weighted by molar-refractivity contribution is 6.07. The molecule has 0 spiro atoms. The standard InChI is InChI=1S/C15H18N4O5/c1-4-24-13(20)9-19-8-12(17-18-19)16-15(21)14-10(22-2)6-5-7-11(14)23-3/h5-8H,4,9H2,1-3H3,(H,16,21). The second kappa shape index (κ2) is 7.95. The molecule has 2 aromatic rings. The summed E-state index contributed by atoms with van der Waals surface area (Å²) in [7, 11) is 2.92. The average molecular weight is 334 g/mol. The van der Waals surface area contributed by atoms with Crippen molar-refractivity contribution >= 4 is 17.7 Å². The normalized spacial score (nSPS) is 10.1. The molecule has 1 amide bonds. The molecule has 9 heteroatoms. The number of aromatic nitrogens is 3. The highest BCUT2D eigenvalue weighted by Gasteiger charge is 2.19. The summed E-state index contributed by atoms with van der Waals surface area (Å²) in [5, 5.41) is 10.1. The first-order valence-electron chi connectivity index (χ1n) is 7.17. The fraction of sp³-hybridized carbons (Fsp3) is 0.333. The maximum atomic E-state index is 12.5. The third-order valence-corrected chi connectivity index (χ3v) is 3.03. The largest absolute Gasteiger partial charge is 0.496 e. The van der Waals surface area contributed by atoms with Gasteiger partial charge in [-0.25, -0.2) is 4.68 Å². The summed E-state index contributed by atoms with van der Waals surface area (Å²) in [5.41, 5.74) is 0.238. The Morgan fingerprint density at radius 3 is 2.46 bits per heavy atom. The van der Waals surface area contributed by atoms with E-state index in [4.69, 9.17) is 14.2 Å². The van der Waals surface area contributed by atoms with Crippen LogP contribution in [0.5, 0.6) is 11.5 Å². The number of methoxy groups -OCH3 is 2. The van der Waals surface area contributed by atoms with E-state index in [0.29, 0.717) is 11.5 Å². The molecule has 2 rings (SSSR count). The van der Waals surface area contributed by atoms with Crippen molar-refractivity contribution in [3.8, 4) is 11.5 Å². The average Bonchev–Trinajstić information content (AvgIpc) is 3.00. The van der Waals surface area contributed by atoms with Crippen LogP contribution in [0.25, 0.3) is 0 Å². The Labute approximate surface area is 138 Å². The van der Waals surface area contributed by atoms with E-state index in [1.54, 1.807) is 25.1 Å². The summed E-state index contributed by atoms with van der Waals surface area (Å²) < 4.78 is 16.5. The van der Waals surface area contributed by atoms with Gasteiger partial charge in [0.15, 0.2) is 5.82 Å². The van der Waals surface area contributed by atoms with Gasteiger partial charge in [-0.15, -0.1) is 5.10 Å². The van der Waals surface area contributed by atoms with Crippen LogP contribution < -0.4 is 14.8 Å². The van der Waals surface area contributed by atoms with Crippen LogP contribution in [0.2, 0.25) is 0 Å². The maximum absolute atomic E-state index is 12.5. The molecule has 0 saturated carbocycles. The third-order valence-electron chi connectivity index (χ3n) is 3.03. The number of nitrogens with one attached hydrogen (secondary N) is 1. The Hall–Kier alpha value is -3.10. The van der Waals surface area contributed by atoms with E-state index in [1.807, 2.05) is 0 Å². The fourth-order valence-corrected chi connectivity index (χ4v) is 2.03. The van der Waals surface area contributed by atoms with Gasteiger partial charge in [0.25, 0.3) is 5.91 Å². The molecular weight excluding hydrogens is 316 g/mol. The van der Waals surface area contributed by atoms with E-state index in [1.165, 1.54) is 25.1 Å². The zero-order valence-corrected chi connectivity index (χ0v) is 13.6. The number of nitrogens with zero attached hydrogens (tertiary/aromatic N) is 3. The number of rotatable bonds is 7. The van der Waals surface area contributed by atoms with E-state index in [-0.39, 0.29) is 24.5 Å². The van der Waals surface area contributed by atoms with Crippen LogP contribution >= 0.6 is 0 Å². The summed E-state index contributed by atoms with van der Waals surface area (Å²) in [5.74, 6) is 0.0212. The molecule has 1 N–H and O–H groups in total. The van der Waals surface area contributed by atoms with Crippen molar-refractivity contribution in [2.75, 3.05) is 26.1 Å². The van der Waals surface area contributed by atoms with Gasteiger partial charge in [-0.05, 0) is 19.1 Å². The van der Waals surface area contributed by atoms with Gasteiger partial charge in [-0.1, -0.05) is 11.3 Å². The molecule has 0 unspecified atom stereocenters. The monoisotopic (exact) mass is 334 g/mol. The molecule has 24 heavy (non-hydrogen) atoms. The van der Waals surface area contributed by atoms with Gasteiger partial charge in [0.05, 0.1) is 27.0 Å². The molecule has 0 fully saturated rings. The van der Waals surface area contributed by atoms with Crippen LogP contribution in [0.1, 0.15) is 17.3 Å². The first kappa shape index (κ1) is 17.3. The first-order valence-corrected chi connectivity index (χ1v) is 7.17. The highest BCUT2D eigenvalue weighted by atomic mass is 16.5. The molecule has 0 saturated heterocycles. The van der Waals surface area contributed by atoms with Crippen molar-refractivity contribution in [3.63, 3.8) is 0 Å². The van der Waals surface area contributed by atoms with Crippen molar-refractivity contribution in [2.45, 2.75) is 13.5 Å². The van der Waals surface area contributed by atoms with Crippen molar-refractivity contribution in [2.24, 2.45) is 0 Å². The van der Waals surface area contributed by atoms with Crippen LogP contribution in [0.15, 0.2) is 24.4 Å². The topological polar surface area (TPSA) is 105 Å².